The minimum Gasteiger partial charge on any atom is -0.490 e. The fourth-order valence-corrected chi connectivity index (χ4v) is 3.81. The van der Waals surface area contributed by atoms with Crippen LogP contribution in [0.4, 0.5) is 10.2 Å². The van der Waals surface area contributed by atoms with Crippen LogP contribution >= 0.6 is 0 Å². The lowest BCUT2D eigenvalue weighted by molar-refractivity contribution is 0.0950. The molecule has 1 N–H and O–H groups in total. The third kappa shape index (κ3) is 5.31. The molecule has 0 bridgehead atoms. The molecule has 176 valence electrons. The number of benzene rings is 1. The number of halogens is 1. The van der Waals surface area contributed by atoms with Gasteiger partial charge in [-0.15, -0.1) is 0 Å². The molecule has 8 nitrogen and oxygen atoms in total. The molecule has 0 radical (unpaired) electrons. The van der Waals surface area contributed by atoms with Gasteiger partial charge in [0.25, 0.3) is 5.91 Å². The lowest BCUT2D eigenvalue weighted by Crippen LogP contribution is -2.37. The highest BCUT2D eigenvalue weighted by atomic mass is 19.1. The molecule has 2 fully saturated rings. The van der Waals surface area contributed by atoms with E-state index in [9.17, 15) is 9.18 Å². The van der Waals surface area contributed by atoms with Crippen molar-refractivity contribution < 1.29 is 18.7 Å². The predicted octanol–water partition coefficient (Wildman–Crippen LogP) is 3.23. The Morgan fingerprint density at radius 1 is 1.21 bits per heavy atom. The molecule has 1 amide bonds. The van der Waals surface area contributed by atoms with Crippen molar-refractivity contribution in [2.75, 3.05) is 37.8 Å². The molecule has 1 aromatic carbocycles. The maximum absolute atomic E-state index is 14.5. The molecule has 0 atom stereocenters. The lowest BCUT2D eigenvalue weighted by atomic mass is 10.1. The molecular weight excluding hydrogens is 437 g/mol. The van der Waals surface area contributed by atoms with Gasteiger partial charge in [0.05, 0.1) is 37.3 Å². The summed E-state index contributed by atoms with van der Waals surface area (Å²) in [4.78, 5) is 19.5. The maximum atomic E-state index is 14.5. The zero-order valence-corrected chi connectivity index (χ0v) is 18.7. The van der Waals surface area contributed by atoms with Crippen LogP contribution in [0.1, 0.15) is 28.8 Å². The van der Waals surface area contributed by atoms with Crippen LogP contribution in [-0.2, 0) is 11.3 Å². The van der Waals surface area contributed by atoms with Crippen molar-refractivity contribution >= 4 is 11.7 Å². The summed E-state index contributed by atoms with van der Waals surface area (Å²) in [6.07, 6.45) is 5.42. The van der Waals surface area contributed by atoms with Crippen molar-refractivity contribution in [1.29, 1.82) is 0 Å². The highest BCUT2D eigenvalue weighted by Crippen LogP contribution is 2.31. The van der Waals surface area contributed by atoms with Crippen molar-refractivity contribution in [3.63, 3.8) is 0 Å². The zero-order valence-electron chi connectivity index (χ0n) is 18.7. The summed E-state index contributed by atoms with van der Waals surface area (Å²) in [6.45, 7) is 3.69. The SMILES string of the molecule is O=C(NCc1cccnc1N1CCOCC1)c1cnnc(-c2ccc(OCC3CC3)c(F)c2)c1. The van der Waals surface area contributed by atoms with Gasteiger partial charge in [-0.25, -0.2) is 9.37 Å². The molecule has 2 aliphatic rings. The first-order valence-electron chi connectivity index (χ1n) is 11.5. The van der Waals surface area contributed by atoms with Gasteiger partial charge in [-0.1, -0.05) is 6.07 Å². The second-order valence-electron chi connectivity index (χ2n) is 8.50. The number of anilines is 1. The zero-order chi connectivity index (χ0) is 23.3. The standard InChI is InChI=1S/C25H26FN5O3/c26-21-12-18(5-6-23(21)34-16-17-3-4-17)22-13-20(15-29-30-22)25(32)28-14-19-2-1-7-27-24(19)31-8-10-33-11-9-31/h1-2,5-7,12-13,15,17H,3-4,8-11,14,16H2,(H,28,32). The molecule has 1 saturated carbocycles. The summed E-state index contributed by atoms with van der Waals surface area (Å²) < 4.78 is 25.5. The number of hydrogen-bond donors (Lipinski definition) is 1. The van der Waals surface area contributed by atoms with Gasteiger partial charge in [0.15, 0.2) is 11.6 Å². The highest BCUT2D eigenvalue weighted by molar-refractivity contribution is 5.94. The minimum atomic E-state index is -0.456. The van der Waals surface area contributed by atoms with Gasteiger partial charge in [-0.05, 0) is 49.1 Å². The van der Waals surface area contributed by atoms with E-state index in [1.54, 1.807) is 24.4 Å². The van der Waals surface area contributed by atoms with Crippen molar-refractivity contribution in [3.8, 4) is 17.0 Å². The van der Waals surface area contributed by atoms with Crippen LogP contribution in [0.5, 0.6) is 5.75 Å². The normalized spacial score (nSPS) is 15.7. The van der Waals surface area contributed by atoms with Crippen molar-refractivity contribution in [2.45, 2.75) is 19.4 Å². The fourth-order valence-electron chi connectivity index (χ4n) is 3.81. The molecule has 9 heteroatoms. The highest BCUT2D eigenvalue weighted by Gasteiger charge is 2.22. The maximum Gasteiger partial charge on any atom is 0.253 e. The average Bonchev–Trinajstić information content (AvgIpc) is 3.72. The van der Waals surface area contributed by atoms with Crippen LogP contribution in [0.2, 0.25) is 0 Å². The van der Waals surface area contributed by atoms with E-state index in [1.807, 2.05) is 12.1 Å². The van der Waals surface area contributed by atoms with Gasteiger partial charge in [-0.3, -0.25) is 4.79 Å². The van der Waals surface area contributed by atoms with Crippen molar-refractivity contribution in [2.24, 2.45) is 5.92 Å². The second-order valence-corrected chi connectivity index (χ2v) is 8.50. The molecule has 2 aromatic heterocycles. The number of hydrogen-bond acceptors (Lipinski definition) is 7. The number of pyridine rings is 1. The van der Waals surface area contributed by atoms with Crippen molar-refractivity contribution in [3.05, 3.63) is 65.7 Å². The number of ether oxygens (including phenoxy) is 2. The summed E-state index contributed by atoms with van der Waals surface area (Å²) in [7, 11) is 0. The Morgan fingerprint density at radius 3 is 2.85 bits per heavy atom. The topological polar surface area (TPSA) is 89.5 Å². The Hall–Kier alpha value is -3.59. The summed E-state index contributed by atoms with van der Waals surface area (Å²) in [6, 6.07) is 10.1. The van der Waals surface area contributed by atoms with Crippen LogP contribution in [0, 0.1) is 11.7 Å². The second kappa shape index (κ2) is 10.1. The van der Waals surface area contributed by atoms with Crippen molar-refractivity contribution in [1.82, 2.24) is 20.5 Å². The van der Waals surface area contributed by atoms with Gasteiger partial charge >= 0.3 is 0 Å². The van der Waals surface area contributed by atoms with Crippen LogP contribution in [0.15, 0.2) is 48.8 Å². The van der Waals surface area contributed by atoms with Gasteiger partial charge in [0.1, 0.15) is 5.82 Å². The largest absolute Gasteiger partial charge is 0.490 e. The van der Waals surface area contributed by atoms with Gasteiger partial charge in [-0.2, -0.15) is 10.2 Å². The Morgan fingerprint density at radius 2 is 2.06 bits per heavy atom. The number of amides is 1. The predicted molar refractivity (Wildman–Crippen MR) is 124 cm³/mol. The number of rotatable bonds is 8. The molecule has 0 spiro atoms. The summed E-state index contributed by atoms with van der Waals surface area (Å²) >= 11 is 0. The Balaban J connectivity index is 1.26. The molecular formula is C25H26FN5O3. The molecule has 1 aliphatic carbocycles. The first-order chi connectivity index (χ1) is 16.7. The van der Waals surface area contributed by atoms with E-state index in [4.69, 9.17) is 9.47 Å². The van der Waals surface area contributed by atoms with E-state index in [0.29, 0.717) is 49.1 Å². The monoisotopic (exact) mass is 463 g/mol. The van der Waals surface area contributed by atoms with E-state index in [0.717, 1.165) is 37.3 Å². The van der Waals surface area contributed by atoms with Crippen LogP contribution < -0.4 is 15.0 Å². The molecule has 34 heavy (non-hydrogen) atoms. The van der Waals surface area contributed by atoms with E-state index in [2.05, 4.69) is 25.4 Å². The molecule has 5 rings (SSSR count). The fraction of sp³-hybridized carbons (Fsp3) is 0.360. The number of carbonyl (C=O) groups is 1. The minimum absolute atomic E-state index is 0.227. The Labute approximate surface area is 197 Å². The summed E-state index contributed by atoms with van der Waals surface area (Å²) in [5, 5.41) is 11.0. The average molecular weight is 464 g/mol. The summed E-state index contributed by atoms with van der Waals surface area (Å²) in [5.74, 6) is 0.862. The molecule has 1 aliphatic heterocycles. The molecule has 3 aromatic rings. The van der Waals surface area contributed by atoms with Crippen LogP contribution in [0.25, 0.3) is 11.3 Å². The van der Waals surface area contributed by atoms with E-state index < -0.39 is 5.82 Å². The number of nitrogens with zero attached hydrogens (tertiary/aromatic N) is 4. The third-order valence-electron chi connectivity index (χ3n) is 5.93. The number of aromatic nitrogens is 3. The first kappa shape index (κ1) is 22.2. The first-order valence-corrected chi connectivity index (χ1v) is 11.5. The molecule has 1 saturated heterocycles. The molecule has 3 heterocycles. The van der Waals surface area contributed by atoms with Gasteiger partial charge < -0.3 is 19.7 Å². The molecule has 0 unspecified atom stereocenters. The van der Waals surface area contributed by atoms with Crippen LogP contribution in [-0.4, -0.2) is 54.0 Å². The number of carbonyl (C=O) groups excluding carboxylic acids is 1. The quantitative estimate of drug-likeness (QED) is 0.549. The third-order valence-corrected chi connectivity index (χ3v) is 5.93. The van der Waals surface area contributed by atoms with E-state index in [1.165, 1.54) is 12.3 Å². The van der Waals surface area contributed by atoms with E-state index in [-0.39, 0.29) is 11.7 Å². The number of nitrogens with one attached hydrogen (secondary N) is 1. The van der Waals surface area contributed by atoms with Gasteiger partial charge in [0, 0.05) is 37.0 Å². The lowest BCUT2D eigenvalue weighted by Gasteiger charge is -2.29. The van der Waals surface area contributed by atoms with Crippen LogP contribution in [0.3, 0.4) is 0 Å². The van der Waals surface area contributed by atoms with Gasteiger partial charge in [0.2, 0.25) is 0 Å². The van der Waals surface area contributed by atoms with E-state index >= 15 is 0 Å². The Kier molecular flexibility index (Phi) is 6.62. The number of morpholine rings is 1. The smallest absolute Gasteiger partial charge is 0.253 e. The Bertz CT molecular complexity index is 1160. The summed E-state index contributed by atoms with van der Waals surface area (Å²) in [5.41, 5.74) is 2.20.